The number of fused-ring (bicyclic) bond motifs is 4. The van der Waals surface area contributed by atoms with E-state index in [1.807, 2.05) is 28.8 Å². The summed E-state index contributed by atoms with van der Waals surface area (Å²) in [5, 5.41) is 6.89. The number of ether oxygens (including phenoxy) is 1. The highest BCUT2D eigenvalue weighted by Gasteiger charge is 2.42. The van der Waals surface area contributed by atoms with Gasteiger partial charge in [-0.25, -0.2) is 4.98 Å². The second-order valence-corrected chi connectivity index (χ2v) is 34.3. The summed E-state index contributed by atoms with van der Waals surface area (Å²) in [6.45, 7) is 17.6. The first-order valence-corrected chi connectivity index (χ1v) is 37.1. The first-order valence-electron chi connectivity index (χ1n) is 39.1. The number of hydrogen-bond acceptors (Lipinski definition) is 2. The zero-order chi connectivity index (χ0) is 73.6. The monoisotopic (exact) mass is 1290 g/mol. The number of benzene rings is 10. The van der Waals surface area contributed by atoms with Crippen LogP contribution in [0.25, 0.3) is 72.3 Å². The Balaban J connectivity index is 0.868. The van der Waals surface area contributed by atoms with Crippen LogP contribution in [0.1, 0.15) is 183 Å². The average molecular weight is 1290 g/mol. The van der Waals surface area contributed by atoms with Crippen LogP contribution in [-0.4, -0.2) is 22.2 Å². The molecule has 0 saturated heterocycles. The van der Waals surface area contributed by atoms with Gasteiger partial charge >= 0.3 is 0 Å². The van der Waals surface area contributed by atoms with Crippen LogP contribution in [0, 0.1) is 13.2 Å². The first-order chi connectivity index (χ1) is 50.2. The number of nitrogens with zero attached hydrogens (tertiary/aromatic N) is 4. The van der Waals surface area contributed by atoms with Crippen molar-refractivity contribution >= 4 is 61.7 Å². The fourth-order valence-electron chi connectivity index (χ4n) is 15.8. The third-order valence-electron chi connectivity index (χ3n) is 21.1. The fourth-order valence-corrected chi connectivity index (χ4v) is 20.4. The van der Waals surface area contributed by atoms with Crippen molar-refractivity contribution in [3.8, 4) is 50.9 Å². The summed E-state index contributed by atoms with van der Waals surface area (Å²) in [6, 6.07) is 72.4. The Morgan fingerprint density at radius 2 is 1.02 bits per heavy atom. The van der Waals surface area contributed by atoms with Gasteiger partial charge in [-0.05, 0) is 180 Å². The van der Waals surface area contributed by atoms with Crippen LogP contribution >= 0.6 is 0 Å². The second-order valence-electron chi connectivity index (χ2n) is 30.5. The molecule has 0 aliphatic heterocycles. The first kappa shape index (κ1) is 54.7. The Hall–Kier alpha value is -9.36. The van der Waals surface area contributed by atoms with E-state index in [0.29, 0.717) is 28.9 Å². The Labute approximate surface area is 587 Å². The number of pyridine rings is 1. The third kappa shape index (κ3) is 12.1. The van der Waals surface area contributed by atoms with Gasteiger partial charge in [0.2, 0.25) is 0 Å². The lowest BCUT2D eigenvalue weighted by Crippen LogP contribution is -2.74. The largest absolute Gasteiger partial charge is 0.458 e. The van der Waals surface area contributed by atoms with Crippen LogP contribution in [0.15, 0.2) is 243 Å². The molecule has 10 aromatic carbocycles. The van der Waals surface area contributed by atoms with Crippen molar-refractivity contribution in [2.75, 3.05) is 0 Å². The molecule has 0 bridgehead atoms. The molecule has 15 rings (SSSR count). The molecule has 0 amide bonds. The van der Waals surface area contributed by atoms with Gasteiger partial charge in [0.15, 0.2) is 8.07 Å². The molecule has 3 aromatic heterocycles. The highest BCUT2D eigenvalue weighted by atomic mass is 28.3. The van der Waals surface area contributed by atoms with Gasteiger partial charge in [-0.3, -0.25) is 13.7 Å². The van der Waals surface area contributed by atoms with Gasteiger partial charge in [-0.2, -0.15) is 0 Å². The lowest BCUT2D eigenvalue weighted by Gasteiger charge is -2.36. The predicted molar refractivity (Wildman–Crippen MR) is 409 cm³/mol. The molecule has 0 atom stereocenters. The Morgan fingerprint density at radius 3 is 1.59 bits per heavy atom. The predicted octanol–water partition coefficient (Wildman–Crippen LogP) is 21.0. The molecule has 486 valence electrons. The van der Waals surface area contributed by atoms with Crippen LogP contribution < -0.4 is 30.1 Å². The second kappa shape index (κ2) is 25.6. The van der Waals surface area contributed by atoms with Crippen molar-refractivity contribution in [2.24, 2.45) is 0 Å². The standard InChI is InChI=1S/C91H92N4OSi/c1-62-56-87(92-60-82(62)66-28-18-13-19-29-66)95-83-55-38-67(63-36-46-74(47-37-63)97(75-48-39-68(40-49-75)89(2,3)4,76-50-41-69(42-51-76)90(5,6)7)77-52-43-70(44-53-77)91(8,9)10)57-81(83)80-54-45-73(59-86(80)95)96-72-31-22-30-71(58-72)93-61-94(85-35-21-20-34-84(85)93)88-78(64-24-14-11-15-25-64)32-23-33-79(88)65-26-16-12-17-27-65/h13,18-23,28-60,64-65H,11-12,14-17,24-27H2,1-10H3/i1D3,13D,18D,19D,28D,29D. The molecular weight excluding hydrogens is 1190 g/mol. The summed E-state index contributed by atoms with van der Waals surface area (Å²) in [5.74, 6) is 2.38. The summed E-state index contributed by atoms with van der Waals surface area (Å²) in [4.78, 5) is 4.98. The Kier molecular flexibility index (Phi) is 14.4. The van der Waals surface area contributed by atoms with Crippen LogP contribution in [0.3, 0.4) is 0 Å². The van der Waals surface area contributed by atoms with Gasteiger partial charge in [-0.15, -0.1) is 0 Å². The number of hydrogen-bond donors (Lipinski definition) is 0. The Bertz CT molecular complexity index is 5250. The van der Waals surface area contributed by atoms with Crippen molar-refractivity contribution in [2.45, 2.75) is 161 Å². The summed E-state index contributed by atoms with van der Waals surface area (Å²) in [7, 11) is -3.05. The molecular formula is C91H92N4OSi. The van der Waals surface area contributed by atoms with Crippen molar-refractivity contribution in [3.05, 3.63) is 282 Å². The quantitative estimate of drug-likeness (QED) is 0.0499. The van der Waals surface area contributed by atoms with Gasteiger partial charge in [0.1, 0.15) is 17.3 Å². The molecule has 0 unspecified atom stereocenters. The minimum absolute atomic E-state index is 0.0348. The molecule has 5 nitrogen and oxygen atoms in total. The van der Waals surface area contributed by atoms with E-state index in [-0.39, 0.29) is 38.8 Å². The molecule has 2 saturated carbocycles. The minimum Gasteiger partial charge on any atom is -0.458 e. The topological polar surface area (TPSA) is 35.9 Å². The summed E-state index contributed by atoms with van der Waals surface area (Å²) < 4.78 is 83.7. The number of rotatable bonds is 13. The van der Waals surface area contributed by atoms with Gasteiger partial charge in [0.05, 0.1) is 40.3 Å². The molecule has 6 heteroatoms. The normalized spacial score (nSPS) is 15.9. The highest BCUT2D eigenvalue weighted by Crippen LogP contribution is 2.43. The van der Waals surface area contributed by atoms with Crippen molar-refractivity contribution in [1.29, 1.82) is 0 Å². The molecule has 0 radical (unpaired) electrons. The maximum absolute atomic E-state index is 8.97. The van der Waals surface area contributed by atoms with E-state index in [9.17, 15) is 0 Å². The molecule has 3 heterocycles. The van der Waals surface area contributed by atoms with Crippen molar-refractivity contribution in [3.63, 3.8) is 0 Å². The minimum atomic E-state index is -3.05. The van der Waals surface area contributed by atoms with Crippen LogP contribution in [0.2, 0.25) is 0 Å². The van der Waals surface area contributed by atoms with Crippen molar-refractivity contribution in [1.82, 2.24) is 14.1 Å². The zero-order valence-electron chi connectivity index (χ0n) is 65.6. The van der Waals surface area contributed by atoms with Crippen molar-refractivity contribution < 1.29 is 20.3 Å². The van der Waals surface area contributed by atoms with E-state index in [1.165, 1.54) is 131 Å². The summed E-state index contributed by atoms with van der Waals surface area (Å²) in [6.07, 6.45) is 17.6. The zero-order valence-corrected chi connectivity index (χ0v) is 58.6. The van der Waals surface area contributed by atoms with Gasteiger partial charge in [0, 0.05) is 32.7 Å². The van der Waals surface area contributed by atoms with Gasteiger partial charge in [-0.1, -0.05) is 283 Å². The van der Waals surface area contributed by atoms with Gasteiger partial charge in [0.25, 0.3) is 6.33 Å². The third-order valence-corrected chi connectivity index (χ3v) is 25.9. The average Bonchev–Trinajstić information content (AvgIpc) is 1.32. The van der Waals surface area contributed by atoms with Crippen LogP contribution in [-0.2, 0) is 16.2 Å². The van der Waals surface area contributed by atoms with Crippen LogP contribution in [0.5, 0.6) is 11.5 Å². The molecule has 13 aromatic rings. The Morgan fingerprint density at radius 1 is 0.485 bits per heavy atom. The summed E-state index contributed by atoms with van der Waals surface area (Å²) in [5.41, 5.74) is 13.8. The number of imidazole rings is 1. The number of para-hydroxylation sites is 3. The molecule has 0 spiro atoms. The molecule has 2 aliphatic rings. The lowest BCUT2D eigenvalue weighted by atomic mass is 9.78. The van der Waals surface area contributed by atoms with E-state index in [2.05, 4.69) is 254 Å². The van der Waals surface area contributed by atoms with E-state index >= 15 is 0 Å². The molecule has 2 fully saturated rings. The van der Waals surface area contributed by atoms with E-state index in [4.69, 9.17) is 20.7 Å². The maximum atomic E-state index is 8.97. The van der Waals surface area contributed by atoms with Crippen LogP contribution in [0.4, 0.5) is 0 Å². The summed E-state index contributed by atoms with van der Waals surface area (Å²) >= 11 is 0. The highest BCUT2D eigenvalue weighted by molar-refractivity contribution is 7.19. The van der Waals surface area contributed by atoms with E-state index < -0.39 is 45.1 Å². The SMILES string of the molecule is [2H]c1c([2H])c([2H])c(-c2cnc(-n3c4ccc(-c5ccc([Si](c6ccc(C(C)(C)C)cc6)(c6ccc(C(C)(C)C)cc6)c6ccc(C(C)(C)C)cc6)cc5)cc4c4ccc(Oc5cccc(-n6[c-][n+](-c7c(C8CCCCC8)cccc7C7CCCCC7)c7ccccc76)c5)cc43)cc2C([2H])([2H])[2H])c([2H])c1[2H]. The maximum Gasteiger partial charge on any atom is 0.269 e. The number of aryl methyl sites for hydroxylation is 1. The van der Waals surface area contributed by atoms with Gasteiger partial charge < -0.3 is 4.74 Å². The van der Waals surface area contributed by atoms with E-state index in [0.717, 1.165) is 44.1 Å². The van der Waals surface area contributed by atoms with E-state index in [1.54, 1.807) is 0 Å². The molecule has 2 aliphatic carbocycles. The lowest BCUT2D eigenvalue weighted by molar-refractivity contribution is -0.573. The number of aromatic nitrogens is 4. The fraction of sp³-hybridized carbons (Fsp3) is 0.275. The smallest absolute Gasteiger partial charge is 0.269 e. The molecule has 97 heavy (non-hydrogen) atoms. The molecule has 0 N–H and O–H groups in total.